The van der Waals surface area contributed by atoms with Gasteiger partial charge in [0.15, 0.2) is 5.78 Å². The van der Waals surface area contributed by atoms with Gasteiger partial charge in [0.1, 0.15) is 5.75 Å². The molecular formula is C23H27ClN2O2. The number of hydrogen-bond donors (Lipinski definition) is 0. The van der Waals surface area contributed by atoms with Gasteiger partial charge in [-0.1, -0.05) is 23.7 Å². The summed E-state index contributed by atoms with van der Waals surface area (Å²) in [7, 11) is 0. The monoisotopic (exact) mass is 398 g/mol. The van der Waals surface area contributed by atoms with Gasteiger partial charge in [-0.3, -0.25) is 9.69 Å². The Labute approximate surface area is 172 Å². The molecule has 2 aromatic rings. The van der Waals surface area contributed by atoms with E-state index < -0.39 is 0 Å². The van der Waals surface area contributed by atoms with Crippen molar-refractivity contribution in [2.75, 3.05) is 44.2 Å². The average Bonchev–Trinajstić information content (AvgIpc) is 2.73. The van der Waals surface area contributed by atoms with E-state index in [1.807, 2.05) is 30.3 Å². The van der Waals surface area contributed by atoms with Crippen molar-refractivity contribution < 1.29 is 9.53 Å². The number of Topliss-reactive ketones (excluding diaryl/α,β-unsaturated/α-hetero) is 1. The second-order valence-electron chi connectivity index (χ2n) is 7.57. The zero-order valence-corrected chi connectivity index (χ0v) is 17.0. The number of carbonyl (C=O) groups is 1. The Morgan fingerprint density at radius 3 is 2.54 bits per heavy atom. The number of anilines is 1. The minimum absolute atomic E-state index is 0.255. The van der Waals surface area contributed by atoms with E-state index in [-0.39, 0.29) is 5.78 Å². The van der Waals surface area contributed by atoms with E-state index in [1.54, 1.807) is 0 Å². The van der Waals surface area contributed by atoms with Crippen LogP contribution in [-0.4, -0.2) is 50.0 Å². The molecule has 0 unspecified atom stereocenters. The molecule has 0 bridgehead atoms. The lowest BCUT2D eigenvalue weighted by Gasteiger charge is -2.36. The van der Waals surface area contributed by atoms with Crippen molar-refractivity contribution in [3.8, 4) is 5.75 Å². The Kier molecular flexibility index (Phi) is 6.18. The lowest BCUT2D eigenvalue weighted by atomic mass is 9.90. The molecule has 1 aliphatic carbocycles. The molecule has 1 saturated heterocycles. The molecule has 0 saturated carbocycles. The maximum absolute atomic E-state index is 12.0. The van der Waals surface area contributed by atoms with Gasteiger partial charge in [-0.15, -0.1) is 0 Å². The highest BCUT2D eigenvalue weighted by molar-refractivity contribution is 6.30. The molecule has 2 aliphatic rings. The number of ether oxygens (including phenoxy) is 1. The van der Waals surface area contributed by atoms with Gasteiger partial charge < -0.3 is 9.64 Å². The summed E-state index contributed by atoms with van der Waals surface area (Å²) in [5, 5.41) is 0.784. The minimum atomic E-state index is 0.255. The Bertz CT molecular complexity index is 814. The van der Waals surface area contributed by atoms with Gasteiger partial charge in [0, 0.05) is 61.0 Å². The summed E-state index contributed by atoms with van der Waals surface area (Å²) in [4.78, 5) is 17.0. The summed E-state index contributed by atoms with van der Waals surface area (Å²) in [6, 6.07) is 14.0. The molecular weight excluding hydrogens is 372 g/mol. The number of piperazine rings is 1. The molecule has 5 heteroatoms. The summed E-state index contributed by atoms with van der Waals surface area (Å²) >= 11 is 5.98. The zero-order valence-electron chi connectivity index (χ0n) is 16.2. The van der Waals surface area contributed by atoms with E-state index in [9.17, 15) is 4.79 Å². The van der Waals surface area contributed by atoms with Crippen molar-refractivity contribution in [1.29, 1.82) is 0 Å². The van der Waals surface area contributed by atoms with Gasteiger partial charge in [0.05, 0.1) is 6.61 Å². The number of carbonyl (C=O) groups excluding carboxylic acids is 1. The molecule has 0 radical (unpaired) electrons. The van der Waals surface area contributed by atoms with Crippen LogP contribution in [0.5, 0.6) is 5.75 Å². The van der Waals surface area contributed by atoms with Gasteiger partial charge in [-0.2, -0.15) is 0 Å². The van der Waals surface area contributed by atoms with Crippen molar-refractivity contribution in [2.45, 2.75) is 25.7 Å². The van der Waals surface area contributed by atoms with Crippen LogP contribution in [-0.2, 0) is 6.42 Å². The molecule has 4 rings (SSSR count). The van der Waals surface area contributed by atoms with Crippen LogP contribution >= 0.6 is 11.6 Å². The predicted octanol–water partition coefficient (Wildman–Crippen LogP) is 4.45. The van der Waals surface area contributed by atoms with E-state index in [1.165, 1.54) is 5.69 Å². The number of nitrogens with zero attached hydrogens (tertiary/aromatic N) is 2. The van der Waals surface area contributed by atoms with Gasteiger partial charge in [-0.05, 0) is 49.6 Å². The van der Waals surface area contributed by atoms with Crippen molar-refractivity contribution in [3.05, 3.63) is 58.6 Å². The van der Waals surface area contributed by atoms with Crippen LogP contribution in [0.1, 0.15) is 35.2 Å². The van der Waals surface area contributed by atoms with E-state index in [0.717, 1.165) is 73.9 Å². The molecule has 0 spiro atoms. The normalized spacial score (nSPS) is 17.5. The standard InChI is InChI=1S/C23H27ClN2O2/c24-18-8-10-19(11-9-18)26-15-13-25(14-16-26)12-3-17-28-23-7-2-4-20-21(23)5-1-6-22(20)27/h2,4,7-11H,1,3,5-6,12-17H2. The third-order valence-electron chi connectivity index (χ3n) is 5.70. The van der Waals surface area contributed by atoms with Gasteiger partial charge in [0.2, 0.25) is 0 Å². The summed E-state index contributed by atoms with van der Waals surface area (Å²) in [5.74, 6) is 1.16. The summed E-state index contributed by atoms with van der Waals surface area (Å²) in [6.07, 6.45) is 3.55. The fraction of sp³-hybridized carbons (Fsp3) is 0.435. The Morgan fingerprint density at radius 1 is 0.964 bits per heavy atom. The Hall–Kier alpha value is -2.04. The molecule has 4 nitrogen and oxygen atoms in total. The summed E-state index contributed by atoms with van der Waals surface area (Å²) in [5.41, 5.74) is 3.22. The van der Waals surface area contributed by atoms with Crippen LogP contribution in [0.15, 0.2) is 42.5 Å². The molecule has 0 atom stereocenters. The maximum Gasteiger partial charge on any atom is 0.163 e. The fourth-order valence-corrected chi connectivity index (χ4v) is 4.26. The van der Waals surface area contributed by atoms with Gasteiger partial charge in [-0.25, -0.2) is 0 Å². The Morgan fingerprint density at radius 2 is 1.75 bits per heavy atom. The lowest BCUT2D eigenvalue weighted by molar-refractivity contribution is 0.0971. The van der Waals surface area contributed by atoms with Crippen LogP contribution in [0.2, 0.25) is 5.02 Å². The smallest absolute Gasteiger partial charge is 0.163 e. The minimum Gasteiger partial charge on any atom is -0.493 e. The first-order valence-corrected chi connectivity index (χ1v) is 10.6. The number of benzene rings is 2. The van der Waals surface area contributed by atoms with E-state index in [0.29, 0.717) is 13.0 Å². The highest BCUT2D eigenvalue weighted by atomic mass is 35.5. The van der Waals surface area contributed by atoms with Crippen molar-refractivity contribution in [2.24, 2.45) is 0 Å². The highest BCUT2D eigenvalue weighted by Gasteiger charge is 2.20. The molecule has 1 aliphatic heterocycles. The van der Waals surface area contributed by atoms with Gasteiger partial charge in [0.25, 0.3) is 0 Å². The van der Waals surface area contributed by atoms with E-state index in [4.69, 9.17) is 16.3 Å². The van der Waals surface area contributed by atoms with E-state index >= 15 is 0 Å². The van der Waals surface area contributed by atoms with Crippen molar-refractivity contribution in [1.82, 2.24) is 4.90 Å². The van der Waals surface area contributed by atoms with Crippen LogP contribution in [0.3, 0.4) is 0 Å². The summed E-state index contributed by atoms with van der Waals surface area (Å²) in [6.45, 7) is 5.95. The molecule has 2 aromatic carbocycles. The number of rotatable bonds is 6. The second-order valence-corrected chi connectivity index (χ2v) is 8.00. The van der Waals surface area contributed by atoms with E-state index in [2.05, 4.69) is 21.9 Å². The van der Waals surface area contributed by atoms with Crippen LogP contribution in [0.4, 0.5) is 5.69 Å². The molecule has 0 aromatic heterocycles. The van der Waals surface area contributed by atoms with Crippen molar-refractivity contribution >= 4 is 23.1 Å². The van der Waals surface area contributed by atoms with Crippen LogP contribution < -0.4 is 9.64 Å². The largest absolute Gasteiger partial charge is 0.493 e. The fourth-order valence-electron chi connectivity index (χ4n) is 4.13. The predicted molar refractivity (Wildman–Crippen MR) is 114 cm³/mol. The number of ketones is 1. The second kappa shape index (κ2) is 8.97. The van der Waals surface area contributed by atoms with Gasteiger partial charge >= 0.3 is 0 Å². The third kappa shape index (κ3) is 4.50. The first-order chi connectivity index (χ1) is 13.7. The molecule has 1 heterocycles. The molecule has 28 heavy (non-hydrogen) atoms. The quantitative estimate of drug-likeness (QED) is 0.673. The average molecular weight is 399 g/mol. The summed E-state index contributed by atoms with van der Waals surface area (Å²) < 4.78 is 6.04. The molecule has 148 valence electrons. The molecule has 1 fully saturated rings. The lowest BCUT2D eigenvalue weighted by Crippen LogP contribution is -2.46. The first kappa shape index (κ1) is 19.3. The SMILES string of the molecule is O=C1CCCc2c(OCCCN3CCN(c4ccc(Cl)cc4)CC3)cccc21. The zero-order chi connectivity index (χ0) is 19.3. The molecule has 0 amide bonds. The van der Waals surface area contributed by atoms with Crippen LogP contribution in [0, 0.1) is 0 Å². The number of fused-ring (bicyclic) bond motifs is 1. The number of hydrogen-bond acceptors (Lipinski definition) is 4. The number of halogens is 1. The topological polar surface area (TPSA) is 32.8 Å². The van der Waals surface area contributed by atoms with Crippen LogP contribution in [0.25, 0.3) is 0 Å². The maximum atomic E-state index is 12.0. The highest BCUT2D eigenvalue weighted by Crippen LogP contribution is 2.29. The Balaban J connectivity index is 1.21. The van der Waals surface area contributed by atoms with Crippen molar-refractivity contribution in [3.63, 3.8) is 0 Å². The molecule has 0 N–H and O–H groups in total. The first-order valence-electron chi connectivity index (χ1n) is 10.2. The third-order valence-corrected chi connectivity index (χ3v) is 5.96.